The Bertz CT molecular complexity index is 1340. The third kappa shape index (κ3) is 5.51. The van der Waals surface area contributed by atoms with E-state index in [1.807, 2.05) is 48.5 Å². The Labute approximate surface area is 195 Å². The maximum atomic E-state index is 12.6. The lowest BCUT2D eigenvalue weighted by atomic mass is 10.2. The molecule has 0 aliphatic heterocycles. The minimum atomic E-state index is -0.310. The molecule has 0 unspecified atom stereocenters. The van der Waals surface area contributed by atoms with Crippen molar-refractivity contribution in [1.29, 1.82) is 0 Å². The first-order chi connectivity index (χ1) is 16.0. The highest BCUT2D eigenvalue weighted by Gasteiger charge is 2.10. The summed E-state index contributed by atoms with van der Waals surface area (Å²) >= 11 is 5.94. The monoisotopic (exact) mass is 463 g/mol. The van der Waals surface area contributed by atoms with Crippen molar-refractivity contribution in [3.05, 3.63) is 99.6 Å². The second kappa shape index (κ2) is 10.2. The number of rotatable bonds is 8. The summed E-state index contributed by atoms with van der Waals surface area (Å²) in [7, 11) is 1.57. The summed E-state index contributed by atoms with van der Waals surface area (Å²) in [6.45, 7) is 0.563. The van der Waals surface area contributed by atoms with Crippen molar-refractivity contribution in [3.63, 3.8) is 0 Å². The van der Waals surface area contributed by atoms with Crippen molar-refractivity contribution < 1.29 is 14.3 Å². The molecule has 1 N–H and O–H groups in total. The second-order valence-corrected chi connectivity index (χ2v) is 7.81. The highest BCUT2D eigenvalue weighted by atomic mass is 35.5. The molecule has 0 saturated carbocycles. The minimum Gasteiger partial charge on any atom is -0.493 e. The number of aromatic nitrogens is 2. The van der Waals surface area contributed by atoms with Gasteiger partial charge in [0.05, 0.1) is 24.3 Å². The molecule has 0 saturated heterocycles. The van der Waals surface area contributed by atoms with Crippen LogP contribution in [-0.2, 0) is 24.5 Å². The van der Waals surface area contributed by atoms with E-state index in [1.54, 1.807) is 25.3 Å². The molecule has 0 radical (unpaired) electrons. The Kier molecular flexibility index (Phi) is 6.90. The first-order valence-corrected chi connectivity index (χ1v) is 10.7. The van der Waals surface area contributed by atoms with Crippen LogP contribution < -0.4 is 20.3 Å². The normalized spacial score (nSPS) is 10.7. The molecule has 0 aliphatic rings. The molecule has 0 atom stereocenters. The van der Waals surface area contributed by atoms with E-state index in [1.165, 1.54) is 10.9 Å². The molecule has 168 valence electrons. The predicted octanol–water partition coefficient (Wildman–Crippen LogP) is 3.95. The van der Waals surface area contributed by atoms with Crippen molar-refractivity contribution >= 4 is 28.4 Å². The molecule has 0 spiro atoms. The molecule has 4 aromatic rings. The first kappa shape index (κ1) is 22.4. The third-order valence-electron chi connectivity index (χ3n) is 5.06. The average Bonchev–Trinajstić information content (AvgIpc) is 2.84. The van der Waals surface area contributed by atoms with Crippen LogP contribution >= 0.6 is 11.6 Å². The number of hydrogen-bond donors (Lipinski definition) is 1. The van der Waals surface area contributed by atoms with Gasteiger partial charge in [-0.15, -0.1) is 0 Å². The molecule has 1 aromatic heterocycles. The summed E-state index contributed by atoms with van der Waals surface area (Å²) in [4.78, 5) is 29.3. The molecule has 0 bridgehead atoms. The van der Waals surface area contributed by atoms with Crippen molar-refractivity contribution in [3.8, 4) is 11.5 Å². The Hall–Kier alpha value is -3.84. The van der Waals surface area contributed by atoms with Crippen molar-refractivity contribution in [2.24, 2.45) is 0 Å². The van der Waals surface area contributed by atoms with Crippen LogP contribution in [0.2, 0.25) is 5.02 Å². The highest BCUT2D eigenvalue weighted by molar-refractivity contribution is 6.31. The van der Waals surface area contributed by atoms with E-state index in [9.17, 15) is 9.59 Å². The van der Waals surface area contributed by atoms with Gasteiger partial charge in [-0.25, -0.2) is 4.98 Å². The van der Waals surface area contributed by atoms with Gasteiger partial charge in [0.2, 0.25) is 5.91 Å². The first-order valence-electron chi connectivity index (χ1n) is 10.3. The van der Waals surface area contributed by atoms with Crippen LogP contribution in [0.4, 0.5) is 0 Å². The maximum Gasteiger partial charge on any atom is 0.261 e. The van der Waals surface area contributed by atoms with Crippen LogP contribution in [0, 0.1) is 0 Å². The Balaban J connectivity index is 1.38. The molecule has 8 heteroatoms. The van der Waals surface area contributed by atoms with Crippen LogP contribution in [-0.4, -0.2) is 22.6 Å². The number of carbonyl (C=O) groups excluding carboxylic acids is 1. The van der Waals surface area contributed by atoms with Gasteiger partial charge in [-0.1, -0.05) is 48.0 Å². The Morgan fingerprint density at radius 2 is 1.85 bits per heavy atom. The summed E-state index contributed by atoms with van der Waals surface area (Å²) in [5.74, 6) is 0.882. The van der Waals surface area contributed by atoms with Gasteiger partial charge in [0.15, 0.2) is 11.5 Å². The Morgan fingerprint density at radius 3 is 2.64 bits per heavy atom. The van der Waals surface area contributed by atoms with E-state index in [2.05, 4.69) is 10.3 Å². The number of hydrogen-bond acceptors (Lipinski definition) is 5. The molecule has 0 fully saturated rings. The SMILES string of the molecule is COc1cc(CNC(=O)Cn2cnc3cc(Cl)ccc3c2=O)ccc1OCc1ccccc1. The number of nitrogens with zero attached hydrogens (tertiary/aromatic N) is 2. The van der Waals surface area contributed by atoms with E-state index in [0.717, 1.165) is 11.1 Å². The third-order valence-corrected chi connectivity index (χ3v) is 5.29. The fourth-order valence-corrected chi connectivity index (χ4v) is 3.50. The zero-order valence-electron chi connectivity index (χ0n) is 18.0. The minimum absolute atomic E-state index is 0.139. The summed E-state index contributed by atoms with van der Waals surface area (Å²) in [6.07, 6.45) is 1.35. The van der Waals surface area contributed by atoms with Crippen molar-refractivity contribution in [2.45, 2.75) is 19.7 Å². The van der Waals surface area contributed by atoms with E-state index in [-0.39, 0.29) is 24.6 Å². The molecule has 4 rings (SSSR count). The van der Waals surface area contributed by atoms with E-state index >= 15 is 0 Å². The Morgan fingerprint density at radius 1 is 1.03 bits per heavy atom. The molecule has 3 aromatic carbocycles. The number of ether oxygens (including phenoxy) is 2. The lowest BCUT2D eigenvalue weighted by Gasteiger charge is -2.13. The van der Waals surface area contributed by atoms with Crippen LogP contribution in [0.25, 0.3) is 10.9 Å². The van der Waals surface area contributed by atoms with Gasteiger partial charge in [0.1, 0.15) is 13.2 Å². The fourth-order valence-electron chi connectivity index (χ4n) is 3.33. The lowest BCUT2D eigenvalue weighted by Crippen LogP contribution is -2.32. The van der Waals surface area contributed by atoms with Crippen LogP contribution in [0.5, 0.6) is 11.5 Å². The van der Waals surface area contributed by atoms with Crippen molar-refractivity contribution in [2.75, 3.05) is 7.11 Å². The molecule has 33 heavy (non-hydrogen) atoms. The fraction of sp³-hybridized carbons (Fsp3) is 0.160. The van der Waals surface area contributed by atoms with Gasteiger partial charge in [-0.05, 0) is 41.5 Å². The topological polar surface area (TPSA) is 82.5 Å². The van der Waals surface area contributed by atoms with E-state index in [4.69, 9.17) is 21.1 Å². The molecule has 1 heterocycles. The average molecular weight is 464 g/mol. The lowest BCUT2D eigenvalue weighted by molar-refractivity contribution is -0.121. The predicted molar refractivity (Wildman–Crippen MR) is 127 cm³/mol. The standard InChI is InChI=1S/C25H22ClN3O4/c1-32-23-11-18(7-10-22(23)33-15-17-5-3-2-4-6-17)13-27-24(30)14-29-16-28-21-12-19(26)8-9-20(21)25(29)31/h2-12,16H,13-15H2,1H3,(H,27,30). The van der Waals surface area contributed by atoms with Crippen LogP contribution in [0.15, 0.2) is 77.9 Å². The van der Waals surface area contributed by atoms with Gasteiger partial charge >= 0.3 is 0 Å². The summed E-state index contributed by atoms with van der Waals surface area (Å²) in [6, 6.07) is 20.2. The van der Waals surface area contributed by atoms with Crippen molar-refractivity contribution in [1.82, 2.24) is 14.9 Å². The zero-order valence-corrected chi connectivity index (χ0v) is 18.7. The van der Waals surface area contributed by atoms with Crippen LogP contribution in [0.1, 0.15) is 11.1 Å². The smallest absolute Gasteiger partial charge is 0.261 e. The van der Waals surface area contributed by atoms with Gasteiger partial charge in [0.25, 0.3) is 5.56 Å². The summed E-state index contributed by atoms with van der Waals surface area (Å²) < 4.78 is 12.6. The number of benzene rings is 3. The highest BCUT2D eigenvalue weighted by Crippen LogP contribution is 2.28. The number of carbonyl (C=O) groups is 1. The van der Waals surface area contributed by atoms with Gasteiger partial charge in [0, 0.05) is 11.6 Å². The maximum absolute atomic E-state index is 12.6. The molecular formula is C25H22ClN3O4. The molecular weight excluding hydrogens is 442 g/mol. The van der Waals surface area contributed by atoms with E-state index in [0.29, 0.717) is 34.0 Å². The number of nitrogens with one attached hydrogen (secondary N) is 1. The quantitative estimate of drug-likeness (QED) is 0.428. The zero-order chi connectivity index (χ0) is 23.2. The second-order valence-electron chi connectivity index (χ2n) is 7.38. The number of halogens is 1. The van der Waals surface area contributed by atoms with Gasteiger partial charge < -0.3 is 14.8 Å². The molecule has 0 aliphatic carbocycles. The molecule has 7 nitrogen and oxygen atoms in total. The van der Waals surface area contributed by atoms with Crippen LogP contribution in [0.3, 0.4) is 0 Å². The van der Waals surface area contributed by atoms with Gasteiger partial charge in [-0.2, -0.15) is 0 Å². The number of fused-ring (bicyclic) bond motifs is 1. The molecule has 1 amide bonds. The van der Waals surface area contributed by atoms with E-state index < -0.39 is 0 Å². The number of methoxy groups -OCH3 is 1. The van der Waals surface area contributed by atoms with Gasteiger partial charge in [-0.3, -0.25) is 14.2 Å². The largest absolute Gasteiger partial charge is 0.493 e. The number of amides is 1. The summed E-state index contributed by atoms with van der Waals surface area (Å²) in [5, 5.41) is 3.72. The summed E-state index contributed by atoms with van der Waals surface area (Å²) in [5.41, 5.74) is 2.09.